The van der Waals surface area contributed by atoms with Gasteiger partial charge < -0.3 is 14.2 Å². The van der Waals surface area contributed by atoms with Gasteiger partial charge in [0, 0.05) is 12.0 Å². The maximum atomic E-state index is 12.6. The van der Waals surface area contributed by atoms with Crippen molar-refractivity contribution >= 4 is 11.9 Å². The van der Waals surface area contributed by atoms with Gasteiger partial charge in [0.05, 0.1) is 19.8 Å². The fraction of sp³-hybridized carbons (Fsp3) is 0.200. The van der Waals surface area contributed by atoms with Gasteiger partial charge in [0.2, 0.25) is 5.60 Å². The molecule has 5 nitrogen and oxygen atoms in total. The van der Waals surface area contributed by atoms with Crippen molar-refractivity contribution in [1.82, 2.24) is 0 Å². The summed E-state index contributed by atoms with van der Waals surface area (Å²) in [5.74, 6) is -0.691. The number of methoxy groups -OCH3 is 2. The Morgan fingerprint density at radius 1 is 1.04 bits per heavy atom. The van der Waals surface area contributed by atoms with Gasteiger partial charge in [0.1, 0.15) is 5.75 Å². The fourth-order valence-corrected chi connectivity index (χ4v) is 2.48. The van der Waals surface area contributed by atoms with Gasteiger partial charge in [0.15, 0.2) is 0 Å². The summed E-state index contributed by atoms with van der Waals surface area (Å²) in [5.41, 5.74) is -0.771. The van der Waals surface area contributed by atoms with E-state index in [0.717, 1.165) is 0 Å². The number of carbonyl (C=O) groups excluding carboxylic acids is 2. The topological polar surface area (TPSA) is 61.8 Å². The lowest BCUT2D eigenvalue weighted by Crippen LogP contribution is -2.41. The normalized spacial score (nSPS) is 12.6. The second-order valence-corrected chi connectivity index (χ2v) is 5.30. The highest BCUT2D eigenvalue weighted by Crippen LogP contribution is 2.33. The molecule has 2 rings (SSSR count). The molecule has 5 heteroatoms. The van der Waals surface area contributed by atoms with Crippen molar-refractivity contribution < 1.29 is 23.8 Å². The van der Waals surface area contributed by atoms with Crippen LogP contribution in [0.2, 0.25) is 0 Å². The second kappa shape index (κ2) is 8.15. The molecule has 1 atom stereocenters. The van der Waals surface area contributed by atoms with Crippen LogP contribution in [0.3, 0.4) is 0 Å². The Hall–Kier alpha value is -3.08. The average molecular weight is 340 g/mol. The number of esters is 2. The number of hydrogen-bond donors (Lipinski definition) is 0. The minimum Gasteiger partial charge on any atom is -0.497 e. The Kier molecular flexibility index (Phi) is 5.95. The van der Waals surface area contributed by atoms with E-state index in [-0.39, 0.29) is 6.42 Å². The highest BCUT2D eigenvalue weighted by Gasteiger charge is 2.44. The van der Waals surface area contributed by atoms with Crippen LogP contribution in [0.15, 0.2) is 67.3 Å². The number of benzene rings is 2. The van der Waals surface area contributed by atoms with Crippen LogP contribution in [0.4, 0.5) is 0 Å². The molecular weight excluding hydrogens is 320 g/mol. The van der Waals surface area contributed by atoms with Gasteiger partial charge in [-0.25, -0.2) is 9.59 Å². The Morgan fingerprint density at radius 2 is 1.68 bits per heavy atom. The van der Waals surface area contributed by atoms with Crippen LogP contribution in [-0.4, -0.2) is 26.2 Å². The maximum absolute atomic E-state index is 12.6. The molecule has 0 N–H and O–H groups in total. The predicted molar refractivity (Wildman–Crippen MR) is 93.4 cm³/mol. The summed E-state index contributed by atoms with van der Waals surface area (Å²) in [6.07, 6.45) is 1.61. The summed E-state index contributed by atoms with van der Waals surface area (Å²) < 4.78 is 15.6. The third kappa shape index (κ3) is 3.88. The molecule has 0 saturated carbocycles. The molecule has 1 unspecified atom stereocenters. The van der Waals surface area contributed by atoms with E-state index in [1.165, 1.54) is 20.3 Å². The van der Waals surface area contributed by atoms with Crippen molar-refractivity contribution in [3.05, 3.63) is 78.4 Å². The number of rotatable bonds is 7. The van der Waals surface area contributed by atoms with Crippen LogP contribution in [0.25, 0.3) is 0 Å². The molecule has 2 aromatic rings. The second-order valence-electron chi connectivity index (χ2n) is 5.30. The van der Waals surface area contributed by atoms with E-state index in [2.05, 4.69) is 6.58 Å². The lowest BCUT2D eigenvalue weighted by atomic mass is 9.90. The summed E-state index contributed by atoms with van der Waals surface area (Å²) in [7, 11) is 2.79. The number of carbonyl (C=O) groups is 2. The zero-order valence-corrected chi connectivity index (χ0v) is 14.2. The van der Waals surface area contributed by atoms with E-state index in [4.69, 9.17) is 14.2 Å². The van der Waals surface area contributed by atoms with Crippen molar-refractivity contribution in [1.29, 1.82) is 0 Å². The van der Waals surface area contributed by atoms with E-state index < -0.39 is 17.5 Å². The lowest BCUT2D eigenvalue weighted by Gasteiger charge is -2.30. The van der Waals surface area contributed by atoms with Crippen molar-refractivity contribution in [3.8, 4) is 5.75 Å². The molecule has 0 radical (unpaired) electrons. The molecule has 25 heavy (non-hydrogen) atoms. The average Bonchev–Trinajstić information content (AvgIpc) is 2.67. The largest absolute Gasteiger partial charge is 0.497 e. The Bertz CT molecular complexity index is 736. The summed E-state index contributed by atoms with van der Waals surface area (Å²) in [5, 5.41) is 0. The summed E-state index contributed by atoms with van der Waals surface area (Å²) in [4.78, 5) is 25.1. The molecule has 0 amide bonds. The molecule has 2 aromatic carbocycles. The molecule has 130 valence electrons. The third-order valence-corrected chi connectivity index (χ3v) is 3.78. The quantitative estimate of drug-likeness (QED) is 0.570. The van der Waals surface area contributed by atoms with Crippen LogP contribution in [0.5, 0.6) is 5.75 Å². The SMILES string of the molecule is C=CCC(OC(=O)c1ccc(OC)cc1)(C(=O)OC)c1ccccc1. The van der Waals surface area contributed by atoms with E-state index in [9.17, 15) is 9.59 Å². The van der Waals surface area contributed by atoms with Crippen molar-refractivity contribution in [2.45, 2.75) is 12.0 Å². The molecule has 0 aliphatic heterocycles. The first-order valence-corrected chi connectivity index (χ1v) is 7.69. The van der Waals surface area contributed by atoms with Crippen LogP contribution in [-0.2, 0) is 19.9 Å². The van der Waals surface area contributed by atoms with E-state index in [1.54, 1.807) is 48.5 Å². The lowest BCUT2D eigenvalue weighted by molar-refractivity contribution is -0.164. The summed E-state index contributed by atoms with van der Waals surface area (Å²) >= 11 is 0. The third-order valence-electron chi connectivity index (χ3n) is 3.78. The van der Waals surface area contributed by atoms with Crippen LogP contribution in [0, 0.1) is 0 Å². The molecule has 0 fully saturated rings. The van der Waals surface area contributed by atoms with E-state index in [0.29, 0.717) is 16.9 Å². The maximum Gasteiger partial charge on any atom is 0.355 e. The first-order chi connectivity index (χ1) is 12.1. The standard InChI is InChI=1S/C20H20O5/c1-4-14-20(19(22)24-3,16-8-6-5-7-9-16)25-18(21)15-10-12-17(23-2)13-11-15/h4-13H,1,14H2,2-3H3. The molecule has 0 bridgehead atoms. The van der Waals surface area contributed by atoms with Crippen LogP contribution >= 0.6 is 0 Å². The highest BCUT2D eigenvalue weighted by molar-refractivity contribution is 5.93. The minimum atomic E-state index is -1.59. The van der Waals surface area contributed by atoms with Gasteiger partial charge in [-0.2, -0.15) is 0 Å². The predicted octanol–water partition coefficient (Wildman–Crippen LogP) is 3.50. The van der Waals surface area contributed by atoms with Crippen molar-refractivity contribution in [2.75, 3.05) is 14.2 Å². The Labute approximate surface area is 146 Å². The van der Waals surface area contributed by atoms with Crippen LogP contribution in [0.1, 0.15) is 22.3 Å². The molecule has 0 aromatic heterocycles. The molecule has 0 aliphatic carbocycles. The van der Waals surface area contributed by atoms with Gasteiger partial charge >= 0.3 is 11.9 Å². The van der Waals surface area contributed by atoms with Crippen LogP contribution < -0.4 is 4.74 Å². The van der Waals surface area contributed by atoms with E-state index >= 15 is 0 Å². The van der Waals surface area contributed by atoms with Gasteiger partial charge in [-0.3, -0.25) is 0 Å². The molecule has 0 heterocycles. The first kappa shape index (κ1) is 18.3. The molecular formula is C20H20O5. The summed E-state index contributed by atoms with van der Waals surface area (Å²) in [6, 6.07) is 15.2. The first-order valence-electron chi connectivity index (χ1n) is 7.69. The Morgan fingerprint density at radius 3 is 2.20 bits per heavy atom. The van der Waals surface area contributed by atoms with Crippen molar-refractivity contribution in [3.63, 3.8) is 0 Å². The molecule has 0 aliphatic rings. The summed E-state index contributed by atoms with van der Waals surface area (Å²) in [6.45, 7) is 3.67. The van der Waals surface area contributed by atoms with Crippen molar-refractivity contribution in [2.24, 2.45) is 0 Å². The van der Waals surface area contributed by atoms with Gasteiger partial charge in [-0.05, 0) is 24.3 Å². The van der Waals surface area contributed by atoms with E-state index in [1.807, 2.05) is 6.07 Å². The van der Waals surface area contributed by atoms with Gasteiger partial charge in [-0.15, -0.1) is 6.58 Å². The zero-order chi connectivity index (χ0) is 18.3. The smallest absolute Gasteiger partial charge is 0.355 e. The number of ether oxygens (including phenoxy) is 3. The van der Waals surface area contributed by atoms with Gasteiger partial charge in [-0.1, -0.05) is 36.4 Å². The highest BCUT2D eigenvalue weighted by atomic mass is 16.6. The molecule has 0 spiro atoms. The fourth-order valence-electron chi connectivity index (χ4n) is 2.48. The van der Waals surface area contributed by atoms with Gasteiger partial charge in [0.25, 0.3) is 0 Å². The minimum absolute atomic E-state index is 0.0889. The molecule has 0 saturated heterocycles. The number of hydrogen-bond acceptors (Lipinski definition) is 5. The zero-order valence-electron chi connectivity index (χ0n) is 14.2. The monoisotopic (exact) mass is 340 g/mol. The Balaban J connectivity index is 2.42.